The molecule has 2 saturated heterocycles. The van der Waals surface area contributed by atoms with Gasteiger partial charge in [-0.25, -0.2) is 4.68 Å². The average Bonchev–Trinajstić information content (AvgIpc) is 3.57. The monoisotopic (exact) mass is 555 g/mol. The van der Waals surface area contributed by atoms with Crippen LogP contribution in [0.3, 0.4) is 0 Å². The third-order valence-corrected chi connectivity index (χ3v) is 7.76. The lowest BCUT2D eigenvalue weighted by atomic mass is 10.1. The highest BCUT2D eigenvalue weighted by molar-refractivity contribution is 9.10. The first-order valence-corrected chi connectivity index (χ1v) is 12.9. The van der Waals surface area contributed by atoms with Crippen LogP contribution in [0, 0.1) is 0 Å². The molecule has 1 atom stereocenters. The van der Waals surface area contributed by atoms with E-state index in [0.717, 1.165) is 52.2 Å². The van der Waals surface area contributed by atoms with Crippen molar-refractivity contribution in [1.82, 2.24) is 14.7 Å². The van der Waals surface area contributed by atoms with E-state index in [0.29, 0.717) is 15.8 Å². The summed E-state index contributed by atoms with van der Waals surface area (Å²) in [6, 6.07) is 15.7. The van der Waals surface area contributed by atoms with E-state index in [9.17, 15) is 4.79 Å². The van der Waals surface area contributed by atoms with Crippen LogP contribution in [0.25, 0.3) is 23.0 Å². The molecule has 1 aromatic heterocycles. The molecule has 2 aliphatic heterocycles. The minimum atomic E-state index is -0.0835. The molecule has 0 bridgehead atoms. The molecule has 6 nitrogen and oxygen atoms in total. The summed E-state index contributed by atoms with van der Waals surface area (Å²) in [5.74, 6) is 0.655. The first kappa shape index (κ1) is 23.3. The molecule has 0 unspecified atom stereocenters. The Morgan fingerprint density at radius 2 is 2.12 bits per heavy atom. The Balaban J connectivity index is 1.53. The maximum absolute atomic E-state index is 13.2. The predicted molar refractivity (Wildman–Crippen MR) is 142 cm³/mol. The number of hydrogen-bond donors (Lipinski definition) is 0. The number of ether oxygens (including phenoxy) is 2. The molecule has 3 heterocycles. The fourth-order valence-electron chi connectivity index (χ4n) is 4.03. The van der Waals surface area contributed by atoms with Gasteiger partial charge in [0.1, 0.15) is 15.8 Å². The summed E-state index contributed by atoms with van der Waals surface area (Å²) in [5, 5.41) is 4.86. The van der Waals surface area contributed by atoms with Crippen LogP contribution in [0.4, 0.5) is 0 Å². The molecule has 0 spiro atoms. The van der Waals surface area contributed by atoms with E-state index in [4.69, 9.17) is 26.8 Å². The van der Waals surface area contributed by atoms with Crippen LogP contribution in [-0.4, -0.2) is 51.3 Å². The second-order valence-electron chi connectivity index (χ2n) is 7.99. The van der Waals surface area contributed by atoms with Crippen molar-refractivity contribution in [2.45, 2.75) is 18.9 Å². The summed E-state index contributed by atoms with van der Waals surface area (Å²) >= 11 is 10.4. The van der Waals surface area contributed by atoms with E-state index < -0.39 is 0 Å². The molecule has 174 valence electrons. The minimum Gasteiger partial charge on any atom is -0.496 e. The van der Waals surface area contributed by atoms with Crippen molar-refractivity contribution < 1.29 is 14.3 Å². The molecule has 3 aromatic rings. The number of benzene rings is 2. The number of hydrogen-bond acceptors (Lipinski definition) is 6. The summed E-state index contributed by atoms with van der Waals surface area (Å²) in [4.78, 5) is 15.5. The molecule has 5 rings (SSSR count). The largest absolute Gasteiger partial charge is 0.496 e. The number of thioether (sulfide) groups is 1. The zero-order chi connectivity index (χ0) is 23.7. The Kier molecular flexibility index (Phi) is 6.87. The highest BCUT2D eigenvalue weighted by Gasteiger charge is 2.35. The predicted octanol–water partition coefficient (Wildman–Crippen LogP) is 5.69. The number of nitrogens with zero attached hydrogens (tertiary/aromatic N) is 3. The summed E-state index contributed by atoms with van der Waals surface area (Å²) in [6.07, 6.45) is 5.85. The molecule has 2 aliphatic rings. The third kappa shape index (κ3) is 4.70. The van der Waals surface area contributed by atoms with Gasteiger partial charge in [-0.15, -0.1) is 0 Å². The third-order valence-electron chi connectivity index (χ3n) is 5.76. The number of carbonyl (C=O) groups is 1. The molecule has 2 fully saturated rings. The summed E-state index contributed by atoms with van der Waals surface area (Å²) in [6.45, 7) is 1.25. The Bertz CT molecular complexity index is 1270. The van der Waals surface area contributed by atoms with Gasteiger partial charge in [0.2, 0.25) is 0 Å². The van der Waals surface area contributed by atoms with Crippen molar-refractivity contribution in [3.63, 3.8) is 0 Å². The van der Waals surface area contributed by atoms with Gasteiger partial charge in [-0.1, -0.05) is 42.2 Å². The number of amides is 1. The van der Waals surface area contributed by atoms with Crippen LogP contribution in [0.1, 0.15) is 18.4 Å². The van der Waals surface area contributed by atoms with Crippen LogP contribution in [-0.2, 0) is 9.53 Å². The van der Waals surface area contributed by atoms with E-state index in [1.165, 1.54) is 11.8 Å². The molecule has 0 N–H and O–H groups in total. The molecular formula is C25H22BrN3O3S2. The minimum absolute atomic E-state index is 0.0508. The maximum atomic E-state index is 13.2. The molecule has 2 aromatic carbocycles. The highest BCUT2D eigenvalue weighted by Crippen LogP contribution is 2.37. The number of carbonyl (C=O) groups excluding carboxylic acids is 1. The Hall–Kier alpha value is -2.46. The normalized spacial score (nSPS) is 19.4. The SMILES string of the molecule is COc1ccc(-c2nn(-c3ccccc3)cc2/C=C2/SC(=S)N(C[C@@H]3CCCO3)C2=O)cc1Br. The van der Waals surface area contributed by atoms with E-state index >= 15 is 0 Å². The van der Waals surface area contributed by atoms with Crippen molar-refractivity contribution in [1.29, 1.82) is 0 Å². The number of thiocarbonyl (C=S) groups is 1. The number of aromatic nitrogens is 2. The maximum Gasteiger partial charge on any atom is 0.266 e. The summed E-state index contributed by atoms with van der Waals surface area (Å²) in [7, 11) is 1.63. The van der Waals surface area contributed by atoms with Gasteiger partial charge in [-0.2, -0.15) is 5.10 Å². The number of rotatable bonds is 6. The fraction of sp³-hybridized carbons (Fsp3) is 0.240. The number of methoxy groups -OCH3 is 1. The zero-order valence-electron chi connectivity index (χ0n) is 18.4. The molecular weight excluding hydrogens is 534 g/mol. The summed E-state index contributed by atoms with van der Waals surface area (Å²) in [5.41, 5.74) is 3.43. The molecule has 0 saturated carbocycles. The fourth-order valence-corrected chi connectivity index (χ4v) is 5.84. The summed E-state index contributed by atoms with van der Waals surface area (Å²) < 4.78 is 14.3. The highest BCUT2D eigenvalue weighted by atomic mass is 79.9. The Labute approximate surface area is 216 Å². The van der Waals surface area contributed by atoms with Crippen molar-refractivity contribution >= 4 is 56.2 Å². The smallest absolute Gasteiger partial charge is 0.266 e. The van der Waals surface area contributed by atoms with Crippen molar-refractivity contribution in [3.8, 4) is 22.7 Å². The quantitative estimate of drug-likeness (QED) is 0.287. The van der Waals surface area contributed by atoms with Crippen LogP contribution < -0.4 is 4.74 Å². The lowest BCUT2D eigenvalue weighted by molar-refractivity contribution is -0.123. The van der Waals surface area contributed by atoms with Crippen LogP contribution in [0.2, 0.25) is 0 Å². The van der Waals surface area contributed by atoms with Crippen LogP contribution in [0.15, 0.2) is 64.1 Å². The van der Waals surface area contributed by atoms with Crippen molar-refractivity contribution in [3.05, 3.63) is 69.7 Å². The topological polar surface area (TPSA) is 56.6 Å². The van der Waals surface area contributed by atoms with Crippen molar-refractivity contribution in [2.24, 2.45) is 0 Å². The van der Waals surface area contributed by atoms with Gasteiger partial charge >= 0.3 is 0 Å². The first-order chi connectivity index (χ1) is 16.5. The van der Waals surface area contributed by atoms with Gasteiger partial charge in [-0.05, 0) is 65.2 Å². The van der Waals surface area contributed by atoms with Gasteiger partial charge in [0, 0.05) is 23.9 Å². The van der Waals surface area contributed by atoms with Gasteiger partial charge in [0.25, 0.3) is 5.91 Å². The average molecular weight is 557 g/mol. The van der Waals surface area contributed by atoms with Crippen molar-refractivity contribution in [2.75, 3.05) is 20.3 Å². The van der Waals surface area contributed by atoms with Crippen LogP contribution >= 0.6 is 39.9 Å². The molecule has 1 amide bonds. The second kappa shape index (κ2) is 10.0. The Morgan fingerprint density at radius 3 is 2.82 bits per heavy atom. The lowest BCUT2D eigenvalue weighted by Gasteiger charge is -2.18. The standard InChI is InChI=1S/C25H22BrN3O3S2/c1-31-21-10-9-16(12-20(21)26)23-17(14-29(27-23)18-6-3-2-4-7-18)13-22-24(30)28(25(33)34-22)15-19-8-5-11-32-19/h2-4,6-7,9-10,12-14,19H,5,8,11,15H2,1H3/b22-13+/t19-/m0/s1. The van der Waals surface area contributed by atoms with E-state index in [2.05, 4.69) is 15.9 Å². The lowest BCUT2D eigenvalue weighted by Crippen LogP contribution is -2.35. The molecule has 9 heteroatoms. The molecule has 0 aliphatic carbocycles. The van der Waals surface area contributed by atoms with E-state index in [1.54, 1.807) is 12.0 Å². The number of halogens is 1. The van der Waals surface area contributed by atoms with E-state index in [1.807, 2.05) is 65.5 Å². The Morgan fingerprint density at radius 1 is 1.29 bits per heavy atom. The van der Waals surface area contributed by atoms with Gasteiger partial charge in [0.05, 0.1) is 34.8 Å². The van der Waals surface area contributed by atoms with Gasteiger partial charge in [-0.3, -0.25) is 9.69 Å². The van der Waals surface area contributed by atoms with Crippen LogP contribution in [0.5, 0.6) is 5.75 Å². The molecule has 34 heavy (non-hydrogen) atoms. The van der Waals surface area contributed by atoms with Gasteiger partial charge in [0.15, 0.2) is 0 Å². The van der Waals surface area contributed by atoms with Gasteiger partial charge < -0.3 is 9.47 Å². The van der Waals surface area contributed by atoms with E-state index in [-0.39, 0.29) is 12.0 Å². The molecule has 0 radical (unpaired) electrons. The first-order valence-electron chi connectivity index (χ1n) is 10.9. The second-order valence-corrected chi connectivity index (χ2v) is 10.5. The number of para-hydroxylation sites is 1. The zero-order valence-corrected chi connectivity index (χ0v) is 21.7.